The lowest BCUT2D eigenvalue weighted by molar-refractivity contribution is -0.158. The summed E-state index contributed by atoms with van der Waals surface area (Å²) in [5.74, 6) is -1.66. The number of aliphatic carboxylic acids is 1. The number of thioether (sulfide) groups is 1. The van der Waals surface area contributed by atoms with Gasteiger partial charge in [0.25, 0.3) is 0 Å². The molecule has 0 aromatic carbocycles. The van der Waals surface area contributed by atoms with Gasteiger partial charge in [0.05, 0.1) is 18.0 Å². The van der Waals surface area contributed by atoms with E-state index < -0.39 is 17.9 Å². The number of fused-ring (bicyclic) bond motifs is 2. The van der Waals surface area contributed by atoms with Crippen LogP contribution in [0.5, 0.6) is 0 Å². The van der Waals surface area contributed by atoms with Crippen LogP contribution in [0, 0.1) is 23.2 Å². The summed E-state index contributed by atoms with van der Waals surface area (Å²) in [5.41, 5.74) is 0.278. The molecule has 1 aromatic heterocycles. The number of hydrogen-bond donors (Lipinski definition) is 4. The van der Waals surface area contributed by atoms with Gasteiger partial charge in [-0.15, -0.1) is 16.9 Å². The number of aromatic nitrogens is 4. The lowest BCUT2D eigenvalue weighted by Crippen LogP contribution is -2.66. The minimum Gasteiger partial charge on any atom is -0.477 e. The van der Waals surface area contributed by atoms with Crippen molar-refractivity contribution in [2.45, 2.75) is 69.1 Å². The van der Waals surface area contributed by atoms with Crippen molar-refractivity contribution in [1.82, 2.24) is 46.0 Å². The Labute approximate surface area is 241 Å². The number of tetrazole rings is 1. The van der Waals surface area contributed by atoms with Crippen LogP contribution in [0.1, 0.15) is 33.1 Å². The van der Waals surface area contributed by atoms with Gasteiger partial charge < -0.3 is 30.9 Å². The Balaban J connectivity index is 0.995. The summed E-state index contributed by atoms with van der Waals surface area (Å²) in [6.07, 6.45) is 4.13. The Hall–Kier alpha value is -3.04. The highest BCUT2D eigenvalue weighted by Crippen LogP contribution is 2.54. The largest absolute Gasteiger partial charge is 0.477 e. The van der Waals surface area contributed by atoms with E-state index >= 15 is 0 Å². The minimum atomic E-state index is -1.13. The number of likely N-dealkylation sites (tertiary alicyclic amines) is 1. The van der Waals surface area contributed by atoms with Crippen LogP contribution in [0.2, 0.25) is 0 Å². The molecule has 1 spiro atoms. The van der Waals surface area contributed by atoms with E-state index in [1.54, 1.807) is 6.92 Å². The molecule has 220 valence electrons. The predicted molar refractivity (Wildman–Crippen MR) is 145 cm³/mol. The standard InChI is InChI=1S/C26H35N9O5S/c1-12-20-19(13(2)30-18(36)8-33-11-29-31-32-33)24(38)35(20)21(25(39)40)22(12)41-16-4-17(28-7-16)23(37)34-10-26-5-15(34)3-14(26)6-27-9-26/h11-17,19-20,27-28H,3-10H2,1-2H3,(H,30,36)(H,39,40)/t12-,13-,14?,15-,16+,17+,19-,20-,26-/m1/s1. The number of β-lactam (4-membered cyclic amide) rings is 1. The van der Waals surface area contributed by atoms with E-state index in [0.717, 1.165) is 32.5 Å². The van der Waals surface area contributed by atoms with Crippen molar-refractivity contribution >= 4 is 35.5 Å². The summed E-state index contributed by atoms with van der Waals surface area (Å²) in [6, 6.07) is -0.780. The maximum Gasteiger partial charge on any atom is 0.353 e. The molecule has 7 rings (SSSR count). The molecule has 4 N–H and O–H groups in total. The van der Waals surface area contributed by atoms with Gasteiger partial charge in [-0.3, -0.25) is 14.4 Å². The van der Waals surface area contributed by atoms with Crippen molar-refractivity contribution in [1.29, 1.82) is 0 Å². The summed E-state index contributed by atoms with van der Waals surface area (Å²) < 4.78 is 1.29. The Morgan fingerprint density at radius 3 is 2.88 bits per heavy atom. The van der Waals surface area contributed by atoms with Crippen molar-refractivity contribution in [3.8, 4) is 0 Å². The van der Waals surface area contributed by atoms with Crippen LogP contribution in [0.25, 0.3) is 0 Å². The molecule has 5 fully saturated rings. The fourth-order valence-electron chi connectivity index (χ4n) is 8.37. The third-order valence-electron chi connectivity index (χ3n) is 10.2. The highest BCUT2D eigenvalue weighted by Gasteiger charge is 2.61. The van der Waals surface area contributed by atoms with E-state index in [4.69, 9.17) is 0 Å². The summed E-state index contributed by atoms with van der Waals surface area (Å²) in [4.78, 5) is 55.8. The summed E-state index contributed by atoms with van der Waals surface area (Å²) in [5, 5.41) is 30.6. The highest BCUT2D eigenvalue weighted by molar-refractivity contribution is 8.03. The fraction of sp³-hybridized carbons (Fsp3) is 0.731. The lowest BCUT2D eigenvalue weighted by atomic mass is 9.78. The Kier molecular flexibility index (Phi) is 6.39. The van der Waals surface area contributed by atoms with E-state index in [1.807, 2.05) is 6.92 Å². The van der Waals surface area contributed by atoms with E-state index in [1.165, 1.54) is 27.7 Å². The third-order valence-corrected chi connectivity index (χ3v) is 11.8. The fourth-order valence-corrected chi connectivity index (χ4v) is 9.85. The number of carbonyl (C=O) groups excluding carboxylic acids is 3. The van der Waals surface area contributed by atoms with Gasteiger partial charge >= 0.3 is 5.97 Å². The predicted octanol–water partition coefficient (Wildman–Crippen LogP) is -1.38. The number of amides is 3. The van der Waals surface area contributed by atoms with Gasteiger partial charge in [-0.05, 0) is 49.1 Å². The lowest BCUT2D eigenvalue weighted by Gasteiger charge is -2.47. The molecule has 6 aliphatic rings. The van der Waals surface area contributed by atoms with Crippen LogP contribution in [0.4, 0.5) is 0 Å². The number of nitrogens with zero attached hydrogens (tertiary/aromatic N) is 6. The van der Waals surface area contributed by atoms with Crippen molar-refractivity contribution in [2.24, 2.45) is 23.2 Å². The summed E-state index contributed by atoms with van der Waals surface area (Å²) in [6.45, 7) is 7.13. The first kappa shape index (κ1) is 26.8. The van der Waals surface area contributed by atoms with Gasteiger partial charge in [-0.25, -0.2) is 9.48 Å². The molecule has 4 saturated heterocycles. The molecule has 5 aliphatic heterocycles. The maximum atomic E-state index is 13.5. The molecule has 1 saturated carbocycles. The van der Waals surface area contributed by atoms with Gasteiger partial charge in [0.2, 0.25) is 17.7 Å². The summed E-state index contributed by atoms with van der Waals surface area (Å²) in [7, 11) is 0. The molecule has 2 bridgehead atoms. The van der Waals surface area contributed by atoms with Gasteiger partial charge in [0.1, 0.15) is 18.6 Å². The third kappa shape index (κ3) is 4.18. The average Bonchev–Trinajstić information content (AvgIpc) is 3.75. The number of hydrogen-bond acceptors (Lipinski definition) is 10. The van der Waals surface area contributed by atoms with Crippen LogP contribution in [0.3, 0.4) is 0 Å². The van der Waals surface area contributed by atoms with E-state index in [2.05, 4.69) is 36.4 Å². The number of carboxylic acids is 1. The van der Waals surface area contributed by atoms with E-state index in [0.29, 0.717) is 29.8 Å². The monoisotopic (exact) mass is 585 g/mol. The molecule has 6 heterocycles. The molecular formula is C26H35N9O5S. The van der Waals surface area contributed by atoms with Crippen LogP contribution >= 0.6 is 11.8 Å². The quantitative estimate of drug-likeness (QED) is 0.265. The van der Waals surface area contributed by atoms with Crippen LogP contribution in [-0.2, 0) is 25.7 Å². The van der Waals surface area contributed by atoms with Gasteiger partial charge in [-0.1, -0.05) is 6.92 Å². The molecule has 14 nitrogen and oxygen atoms in total. The first-order valence-electron chi connectivity index (χ1n) is 14.4. The zero-order valence-electron chi connectivity index (χ0n) is 23.0. The zero-order chi connectivity index (χ0) is 28.6. The van der Waals surface area contributed by atoms with E-state index in [9.17, 15) is 24.3 Å². The Morgan fingerprint density at radius 2 is 2.12 bits per heavy atom. The van der Waals surface area contributed by atoms with Gasteiger partial charge in [0, 0.05) is 53.2 Å². The number of carbonyl (C=O) groups is 4. The number of rotatable bonds is 8. The topological polar surface area (TPSA) is 175 Å². The average molecular weight is 586 g/mol. The molecule has 1 aromatic rings. The second-order valence-corrected chi connectivity index (χ2v) is 13.9. The van der Waals surface area contributed by atoms with Crippen molar-refractivity contribution in [3.63, 3.8) is 0 Å². The second-order valence-electron chi connectivity index (χ2n) is 12.6. The molecular weight excluding hydrogens is 550 g/mol. The minimum absolute atomic E-state index is 0.0234. The molecule has 41 heavy (non-hydrogen) atoms. The Bertz CT molecular complexity index is 1320. The number of carboxylic acid groups (broad SMARTS) is 1. The van der Waals surface area contributed by atoms with Crippen molar-refractivity contribution in [3.05, 3.63) is 16.9 Å². The van der Waals surface area contributed by atoms with Crippen LogP contribution in [-0.4, -0.2) is 114 Å². The zero-order valence-corrected chi connectivity index (χ0v) is 23.8. The van der Waals surface area contributed by atoms with Gasteiger partial charge in [0.15, 0.2) is 0 Å². The first-order chi connectivity index (χ1) is 19.7. The molecule has 0 radical (unpaired) electrons. The molecule has 1 unspecified atom stereocenters. The van der Waals surface area contributed by atoms with Crippen molar-refractivity contribution in [2.75, 3.05) is 26.2 Å². The Morgan fingerprint density at radius 1 is 1.29 bits per heavy atom. The normalized spacial score (nSPS) is 37.8. The number of nitrogens with one attached hydrogen (secondary N) is 3. The van der Waals surface area contributed by atoms with Crippen LogP contribution in [0.15, 0.2) is 16.9 Å². The first-order valence-corrected chi connectivity index (χ1v) is 15.3. The molecule has 1 aliphatic carbocycles. The SMILES string of the molecule is C[C@@H](NC(=O)Cn1cnnn1)[C@H]1C(=O)N2C(C(=O)O)=C(S[C@@H]3CN[C@H](C(=O)N4C[C@@]56CNCC5C[C@@H]4C6)C3)[C@H](C)[C@H]12. The highest BCUT2D eigenvalue weighted by atomic mass is 32.2. The summed E-state index contributed by atoms with van der Waals surface area (Å²) >= 11 is 1.48. The number of piperidine rings is 1. The molecule has 3 amide bonds. The molecule has 15 heteroatoms. The van der Waals surface area contributed by atoms with Crippen LogP contribution < -0.4 is 16.0 Å². The van der Waals surface area contributed by atoms with Gasteiger partial charge in [-0.2, -0.15) is 0 Å². The van der Waals surface area contributed by atoms with E-state index in [-0.39, 0.29) is 58.6 Å². The molecule has 9 atom stereocenters. The van der Waals surface area contributed by atoms with Crippen molar-refractivity contribution < 1.29 is 24.3 Å². The second kappa shape index (κ2) is 9.76. The maximum absolute atomic E-state index is 13.5. The smallest absolute Gasteiger partial charge is 0.353 e.